The Balaban J connectivity index is 2.03. The minimum atomic E-state index is -0.255. The van der Waals surface area contributed by atoms with E-state index in [1.807, 2.05) is 55.5 Å². The first kappa shape index (κ1) is 15.1. The van der Waals surface area contributed by atoms with Crippen molar-refractivity contribution >= 4 is 16.6 Å². The highest BCUT2D eigenvalue weighted by molar-refractivity contribution is 5.77. The maximum absolute atomic E-state index is 13.2. The van der Waals surface area contributed by atoms with E-state index in [0.29, 0.717) is 22.4 Å². The molecule has 0 saturated heterocycles. The van der Waals surface area contributed by atoms with Crippen LogP contribution in [0.4, 0.5) is 5.69 Å². The summed E-state index contributed by atoms with van der Waals surface area (Å²) in [4.78, 5) is 17.9. The Morgan fingerprint density at radius 2 is 1.76 bits per heavy atom. The molecule has 1 unspecified atom stereocenters. The molecule has 0 fully saturated rings. The number of para-hydroxylation sites is 2. The quantitative estimate of drug-likeness (QED) is 0.626. The largest absolute Gasteiger partial charge is 0.396 e. The molecular weight excluding hydrogens is 314 g/mol. The van der Waals surface area contributed by atoms with Gasteiger partial charge in [0.2, 0.25) is 0 Å². The third-order valence-electron chi connectivity index (χ3n) is 4.21. The van der Waals surface area contributed by atoms with Crippen LogP contribution < -0.4 is 11.3 Å². The van der Waals surface area contributed by atoms with Gasteiger partial charge in [0.05, 0.1) is 28.5 Å². The summed E-state index contributed by atoms with van der Waals surface area (Å²) in [5.41, 5.74) is 7.70. The SMILES string of the molecule is CC(c1nc2ccccc2c(=O)n1-c1ccccc1)n1cc(N)cn1. The number of hydrogen-bond donors (Lipinski definition) is 1. The van der Waals surface area contributed by atoms with Crippen molar-refractivity contribution in [3.05, 3.63) is 83.2 Å². The van der Waals surface area contributed by atoms with Crippen molar-refractivity contribution in [3.63, 3.8) is 0 Å². The number of benzene rings is 2. The minimum absolute atomic E-state index is 0.0984. The van der Waals surface area contributed by atoms with Gasteiger partial charge in [-0.25, -0.2) is 4.98 Å². The predicted octanol–water partition coefficient (Wildman–Crippen LogP) is 2.77. The molecule has 0 spiro atoms. The van der Waals surface area contributed by atoms with E-state index >= 15 is 0 Å². The molecular formula is C19H17N5O. The molecule has 0 aliphatic carbocycles. The molecule has 2 aromatic heterocycles. The van der Waals surface area contributed by atoms with E-state index < -0.39 is 0 Å². The third kappa shape index (κ3) is 2.57. The number of rotatable bonds is 3. The van der Waals surface area contributed by atoms with Crippen LogP contribution in [0.2, 0.25) is 0 Å². The summed E-state index contributed by atoms with van der Waals surface area (Å²) < 4.78 is 3.36. The van der Waals surface area contributed by atoms with Gasteiger partial charge < -0.3 is 5.73 Å². The lowest BCUT2D eigenvalue weighted by molar-refractivity contribution is 0.523. The molecule has 124 valence electrons. The van der Waals surface area contributed by atoms with Gasteiger partial charge in [-0.05, 0) is 31.2 Å². The van der Waals surface area contributed by atoms with Crippen molar-refractivity contribution in [2.24, 2.45) is 0 Å². The lowest BCUT2D eigenvalue weighted by Gasteiger charge is -2.19. The maximum Gasteiger partial charge on any atom is 0.266 e. The minimum Gasteiger partial charge on any atom is -0.396 e. The molecule has 6 nitrogen and oxygen atoms in total. The first-order valence-electron chi connectivity index (χ1n) is 8.02. The Kier molecular flexibility index (Phi) is 3.57. The number of nitrogens with zero attached hydrogens (tertiary/aromatic N) is 4. The highest BCUT2D eigenvalue weighted by atomic mass is 16.1. The molecule has 0 saturated carbocycles. The smallest absolute Gasteiger partial charge is 0.266 e. The monoisotopic (exact) mass is 331 g/mol. The van der Waals surface area contributed by atoms with Gasteiger partial charge in [-0.1, -0.05) is 30.3 Å². The van der Waals surface area contributed by atoms with Crippen molar-refractivity contribution in [1.29, 1.82) is 0 Å². The van der Waals surface area contributed by atoms with Crippen LogP contribution in [0.25, 0.3) is 16.6 Å². The summed E-state index contributed by atoms with van der Waals surface area (Å²) in [6, 6.07) is 16.6. The van der Waals surface area contributed by atoms with E-state index in [0.717, 1.165) is 5.69 Å². The molecule has 4 rings (SSSR count). The summed E-state index contributed by atoms with van der Waals surface area (Å²) >= 11 is 0. The van der Waals surface area contributed by atoms with Crippen molar-refractivity contribution in [3.8, 4) is 5.69 Å². The van der Waals surface area contributed by atoms with E-state index in [9.17, 15) is 4.79 Å². The number of hydrogen-bond acceptors (Lipinski definition) is 4. The summed E-state index contributed by atoms with van der Waals surface area (Å²) in [7, 11) is 0. The Bertz CT molecular complexity index is 1100. The highest BCUT2D eigenvalue weighted by Gasteiger charge is 2.19. The third-order valence-corrected chi connectivity index (χ3v) is 4.21. The highest BCUT2D eigenvalue weighted by Crippen LogP contribution is 2.21. The zero-order chi connectivity index (χ0) is 17.4. The second-order valence-corrected chi connectivity index (χ2v) is 5.89. The maximum atomic E-state index is 13.2. The van der Waals surface area contributed by atoms with Crippen molar-refractivity contribution in [2.75, 3.05) is 5.73 Å². The van der Waals surface area contributed by atoms with Crippen LogP contribution in [0, 0.1) is 0 Å². The van der Waals surface area contributed by atoms with Crippen LogP contribution in [-0.4, -0.2) is 19.3 Å². The van der Waals surface area contributed by atoms with E-state index in [-0.39, 0.29) is 11.6 Å². The van der Waals surface area contributed by atoms with Crippen molar-refractivity contribution < 1.29 is 0 Å². The average molecular weight is 331 g/mol. The fourth-order valence-corrected chi connectivity index (χ4v) is 2.94. The first-order valence-corrected chi connectivity index (χ1v) is 8.02. The molecule has 2 heterocycles. The molecule has 0 aliphatic heterocycles. The fraction of sp³-hybridized carbons (Fsp3) is 0.105. The van der Waals surface area contributed by atoms with Gasteiger partial charge in [-0.3, -0.25) is 14.0 Å². The van der Waals surface area contributed by atoms with Gasteiger partial charge in [0.1, 0.15) is 11.9 Å². The molecule has 0 amide bonds. The van der Waals surface area contributed by atoms with E-state index in [2.05, 4.69) is 5.10 Å². The van der Waals surface area contributed by atoms with Crippen LogP contribution in [0.5, 0.6) is 0 Å². The summed E-state index contributed by atoms with van der Waals surface area (Å²) in [5, 5.41) is 4.86. The van der Waals surface area contributed by atoms with Gasteiger partial charge in [-0.2, -0.15) is 5.10 Å². The molecule has 25 heavy (non-hydrogen) atoms. The molecule has 0 aliphatic rings. The van der Waals surface area contributed by atoms with E-state index in [1.165, 1.54) is 0 Å². The molecule has 0 bridgehead atoms. The lowest BCUT2D eigenvalue weighted by atomic mass is 10.2. The topological polar surface area (TPSA) is 78.7 Å². The summed E-state index contributed by atoms with van der Waals surface area (Å²) in [6.45, 7) is 1.95. The van der Waals surface area contributed by atoms with Gasteiger partial charge in [0.15, 0.2) is 0 Å². The molecule has 0 radical (unpaired) electrons. The van der Waals surface area contributed by atoms with Crippen molar-refractivity contribution in [2.45, 2.75) is 13.0 Å². The molecule has 2 N–H and O–H groups in total. The number of aromatic nitrogens is 4. The molecule has 6 heteroatoms. The van der Waals surface area contributed by atoms with Gasteiger partial charge in [0.25, 0.3) is 5.56 Å². The Labute approximate surface area is 144 Å². The predicted molar refractivity (Wildman–Crippen MR) is 97.8 cm³/mol. The normalized spacial score (nSPS) is 12.4. The Morgan fingerprint density at radius 1 is 1.04 bits per heavy atom. The number of nitrogens with two attached hydrogens (primary N) is 1. The molecule has 1 atom stereocenters. The average Bonchev–Trinajstić information content (AvgIpc) is 3.08. The van der Waals surface area contributed by atoms with Gasteiger partial charge in [-0.15, -0.1) is 0 Å². The summed E-state index contributed by atoms with van der Waals surface area (Å²) in [6.07, 6.45) is 3.32. The number of anilines is 1. The van der Waals surface area contributed by atoms with Crippen LogP contribution in [0.1, 0.15) is 18.8 Å². The van der Waals surface area contributed by atoms with E-state index in [1.54, 1.807) is 27.7 Å². The number of fused-ring (bicyclic) bond motifs is 1. The Morgan fingerprint density at radius 3 is 2.48 bits per heavy atom. The fourth-order valence-electron chi connectivity index (χ4n) is 2.94. The van der Waals surface area contributed by atoms with Gasteiger partial charge in [0, 0.05) is 6.20 Å². The standard InChI is InChI=1S/C19H17N5O/c1-13(23-12-14(20)11-21-23)18-22-17-10-6-5-9-16(17)19(25)24(18)15-7-3-2-4-8-15/h2-13H,20H2,1H3. The van der Waals surface area contributed by atoms with E-state index in [4.69, 9.17) is 10.7 Å². The van der Waals surface area contributed by atoms with Gasteiger partial charge >= 0.3 is 0 Å². The zero-order valence-corrected chi connectivity index (χ0v) is 13.7. The van der Waals surface area contributed by atoms with Crippen LogP contribution in [0.3, 0.4) is 0 Å². The molecule has 2 aromatic carbocycles. The van der Waals surface area contributed by atoms with Crippen molar-refractivity contribution in [1.82, 2.24) is 19.3 Å². The van der Waals surface area contributed by atoms with Crippen LogP contribution in [0.15, 0.2) is 71.8 Å². The molecule has 4 aromatic rings. The lowest BCUT2D eigenvalue weighted by Crippen LogP contribution is -2.27. The van der Waals surface area contributed by atoms with Crippen LogP contribution >= 0.6 is 0 Å². The summed E-state index contributed by atoms with van der Waals surface area (Å²) in [5.74, 6) is 0.609. The first-order chi connectivity index (χ1) is 12.1. The zero-order valence-electron chi connectivity index (χ0n) is 13.7. The second-order valence-electron chi connectivity index (χ2n) is 5.89. The Hall–Kier alpha value is -3.41. The second kappa shape index (κ2) is 5.90. The van der Waals surface area contributed by atoms with Crippen LogP contribution in [-0.2, 0) is 0 Å². The number of nitrogen functional groups attached to an aromatic ring is 1.